The van der Waals surface area contributed by atoms with Crippen molar-refractivity contribution in [3.8, 4) is 0 Å². The van der Waals surface area contributed by atoms with E-state index in [-0.39, 0.29) is 21.8 Å². The minimum Gasteiger partial charge on any atom is -0.393 e. The van der Waals surface area contributed by atoms with Crippen LogP contribution in [0.5, 0.6) is 0 Å². The van der Waals surface area contributed by atoms with E-state index in [1.54, 1.807) is 43.3 Å². The molecule has 0 amide bonds. The molecule has 0 aromatic heterocycles. The molecule has 2 aromatic rings. The lowest BCUT2D eigenvalue weighted by molar-refractivity contribution is 0.0206. The van der Waals surface area contributed by atoms with Crippen LogP contribution in [0.15, 0.2) is 70.5 Å². The molecular weight excluding hydrogens is 444 g/mol. The zero-order valence-corrected chi connectivity index (χ0v) is 19.7. The molecule has 0 spiro atoms. The molecule has 31 heavy (non-hydrogen) atoms. The van der Waals surface area contributed by atoms with Crippen LogP contribution in [0.2, 0.25) is 0 Å². The Morgan fingerprint density at radius 2 is 1.00 bits per heavy atom. The molecule has 10 heteroatoms. The van der Waals surface area contributed by atoms with Crippen LogP contribution in [-0.4, -0.2) is 48.4 Å². The third-order valence-corrected chi connectivity index (χ3v) is 5.90. The monoisotopic (exact) mass is 476 g/mol. The molecule has 0 aliphatic heterocycles. The van der Waals surface area contributed by atoms with Crippen molar-refractivity contribution in [2.45, 2.75) is 56.1 Å². The summed E-state index contributed by atoms with van der Waals surface area (Å²) < 4.78 is 58.5. The number of hydrogen-bond donors (Lipinski definition) is 4. The van der Waals surface area contributed by atoms with Crippen LogP contribution in [0.4, 0.5) is 0 Å². The fraction of sp³-hybridized carbons (Fsp3) is 0.429. The first kappa shape index (κ1) is 29.2. The second-order valence-corrected chi connectivity index (χ2v) is 10.2. The fourth-order valence-electron chi connectivity index (χ4n) is 2.20. The molecule has 3 unspecified atom stereocenters. The van der Waals surface area contributed by atoms with Crippen LogP contribution in [0.3, 0.4) is 0 Å². The highest BCUT2D eigenvalue weighted by molar-refractivity contribution is 7.86. The zero-order chi connectivity index (χ0) is 24.2. The third-order valence-electron chi connectivity index (χ3n) is 4.16. The van der Waals surface area contributed by atoms with Crippen molar-refractivity contribution in [3.63, 3.8) is 0 Å². The summed E-state index contributed by atoms with van der Waals surface area (Å²) in [5.41, 5.74) is 0. The lowest BCUT2D eigenvalue weighted by Gasteiger charge is -2.22. The number of aliphatic hydroxyl groups excluding tert-OH is 2. The van der Waals surface area contributed by atoms with Gasteiger partial charge < -0.3 is 10.2 Å². The van der Waals surface area contributed by atoms with Crippen LogP contribution in [0.1, 0.15) is 34.1 Å². The molecule has 2 aromatic carbocycles. The van der Waals surface area contributed by atoms with Gasteiger partial charge in [0.2, 0.25) is 0 Å². The van der Waals surface area contributed by atoms with Crippen LogP contribution in [-0.2, 0) is 20.2 Å². The number of hydrogen-bond acceptors (Lipinski definition) is 6. The van der Waals surface area contributed by atoms with Gasteiger partial charge in [-0.25, -0.2) is 0 Å². The van der Waals surface area contributed by atoms with Crippen molar-refractivity contribution in [1.82, 2.24) is 0 Å². The predicted molar refractivity (Wildman–Crippen MR) is 119 cm³/mol. The van der Waals surface area contributed by atoms with E-state index >= 15 is 0 Å². The van der Waals surface area contributed by atoms with E-state index < -0.39 is 26.3 Å². The van der Waals surface area contributed by atoms with E-state index in [1.807, 2.05) is 6.92 Å². The molecule has 0 heterocycles. The van der Waals surface area contributed by atoms with Crippen LogP contribution in [0.25, 0.3) is 0 Å². The number of rotatable bonds is 6. The quantitative estimate of drug-likeness (QED) is 0.464. The number of aliphatic hydroxyl groups is 2. The Morgan fingerprint density at radius 3 is 1.19 bits per heavy atom. The summed E-state index contributed by atoms with van der Waals surface area (Å²) in [5, 5.41) is 18.6. The normalized spacial score (nSPS) is 14.4. The average Bonchev–Trinajstić information content (AvgIpc) is 2.68. The molecule has 3 atom stereocenters. The van der Waals surface area contributed by atoms with E-state index in [0.29, 0.717) is 5.92 Å². The second kappa shape index (κ2) is 13.6. The first-order valence-corrected chi connectivity index (χ1v) is 12.5. The van der Waals surface area contributed by atoms with Gasteiger partial charge in [-0.05, 0) is 43.5 Å². The van der Waals surface area contributed by atoms with Gasteiger partial charge in [0.25, 0.3) is 20.2 Å². The summed E-state index contributed by atoms with van der Waals surface area (Å²) >= 11 is 0. The van der Waals surface area contributed by atoms with Crippen molar-refractivity contribution in [2.75, 3.05) is 0 Å². The highest BCUT2D eigenvalue weighted by Gasteiger charge is 2.19. The third kappa shape index (κ3) is 13.2. The van der Waals surface area contributed by atoms with Crippen molar-refractivity contribution >= 4 is 20.2 Å². The van der Waals surface area contributed by atoms with Crippen molar-refractivity contribution < 1.29 is 36.2 Å². The van der Waals surface area contributed by atoms with Crippen LogP contribution in [0, 0.1) is 11.8 Å². The Morgan fingerprint density at radius 1 is 0.677 bits per heavy atom. The summed E-state index contributed by atoms with van der Waals surface area (Å²) in [4.78, 5) is -0.148. The lowest BCUT2D eigenvalue weighted by atomic mass is 9.92. The molecule has 0 aliphatic carbocycles. The molecule has 8 nitrogen and oxygen atoms in total. The van der Waals surface area contributed by atoms with E-state index in [4.69, 9.17) is 14.2 Å². The van der Waals surface area contributed by atoms with Crippen LogP contribution >= 0.6 is 0 Å². The highest BCUT2D eigenvalue weighted by Crippen LogP contribution is 2.15. The van der Waals surface area contributed by atoms with E-state index in [0.717, 1.165) is 6.42 Å². The summed E-state index contributed by atoms with van der Waals surface area (Å²) in [6.07, 6.45) is -0.00903. The molecule has 4 N–H and O–H groups in total. The van der Waals surface area contributed by atoms with Gasteiger partial charge in [-0.1, -0.05) is 57.2 Å². The standard InChI is InChI=1S/C9H20O2.2C6H6O3S/c1-6(2)5-9(11)7(3)8(4)10;2*7-10(8,9)6-4-2-1-3-5-6/h6-11H,5H2,1-4H3;2*1-5H,(H,7,8,9). The van der Waals surface area contributed by atoms with Gasteiger partial charge >= 0.3 is 0 Å². The molecule has 2 rings (SSSR count). The van der Waals surface area contributed by atoms with Gasteiger partial charge in [0.05, 0.1) is 22.0 Å². The maximum absolute atomic E-state index is 10.4. The largest absolute Gasteiger partial charge is 0.393 e. The van der Waals surface area contributed by atoms with Gasteiger partial charge in [-0.15, -0.1) is 0 Å². The summed E-state index contributed by atoms with van der Waals surface area (Å²) in [6, 6.07) is 14.8. The molecule has 176 valence electrons. The fourth-order valence-corrected chi connectivity index (χ4v) is 3.21. The number of benzene rings is 2. The van der Waals surface area contributed by atoms with Gasteiger partial charge in [-0.2, -0.15) is 16.8 Å². The second-order valence-electron chi connectivity index (χ2n) is 7.37. The summed E-state index contributed by atoms with van der Waals surface area (Å²) in [5.74, 6) is 0.476. The van der Waals surface area contributed by atoms with E-state index in [1.165, 1.54) is 24.3 Å². The molecular formula is C21H32O8S2. The average molecular weight is 477 g/mol. The first-order valence-electron chi connectivity index (χ1n) is 9.57. The minimum atomic E-state index is -4.00. The Kier molecular flexibility index (Phi) is 12.8. The maximum atomic E-state index is 10.4. The van der Waals surface area contributed by atoms with E-state index in [2.05, 4.69) is 13.8 Å². The molecule has 0 saturated carbocycles. The van der Waals surface area contributed by atoms with Crippen LogP contribution < -0.4 is 0 Å². The van der Waals surface area contributed by atoms with E-state index in [9.17, 15) is 21.9 Å². The Labute approximate surface area is 185 Å². The molecule has 0 aliphatic rings. The predicted octanol–water partition coefficient (Wildman–Crippen LogP) is 3.28. The summed E-state index contributed by atoms with van der Waals surface area (Å²) in [7, 11) is -8.01. The molecule has 0 bridgehead atoms. The Balaban J connectivity index is 0.000000436. The van der Waals surface area contributed by atoms with Crippen molar-refractivity contribution in [1.29, 1.82) is 0 Å². The zero-order valence-electron chi connectivity index (χ0n) is 18.0. The molecule has 0 fully saturated rings. The SMILES string of the molecule is CC(C)CC(O)C(C)C(C)O.O=S(=O)(O)c1ccccc1.O=S(=O)(O)c1ccccc1. The first-order chi connectivity index (χ1) is 14.2. The van der Waals surface area contributed by atoms with Crippen molar-refractivity contribution in [3.05, 3.63) is 60.7 Å². The minimum absolute atomic E-state index is 0.0163. The molecule has 0 saturated heterocycles. The maximum Gasteiger partial charge on any atom is 0.294 e. The highest BCUT2D eigenvalue weighted by atomic mass is 32.2. The summed E-state index contributed by atoms with van der Waals surface area (Å²) in [6.45, 7) is 7.72. The lowest BCUT2D eigenvalue weighted by Crippen LogP contribution is -2.28. The van der Waals surface area contributed by atoms with Crippen molar-refractivity contribution in [2.24, 2.45) is 11.8 Å². The van der Waals surface area contributed by atoms with Gasteiger partial charge in [-0.3, -0.25) is 9.11 Å². The smallest absolute Gasteiger partial charge is 0.294 e. The van der Waals surface area contributed by atoms with Gasteiger partial charge in [0.1, 0.15) is 0 Å². The van der Waals surface area contributed by atoms with Gasteiger partial charge in [0, 0.05) is 5.92 Å². The Bertz CT molecular complexity index is 874. The molecule has 0 radical (unpaired) electrons. The van der Waals surface area contributed by atoms with Gasteiger partial charge in [0.15, 0.2) is 0 Å². The Hall–Kier alpha value is -1.82. The topological polar surface area (TPSA) is 149 Å².